The van der Waals surface area contributed by atoms with E-state index < -0.39 is 0 Å². The molecule has 0 bridgehead atoms. The number of nitrogens with one attached hydrogen (secondary N) is 1. The minimum absolute atomic E-state index is 0.663. The summed E-state index contributed by atoms with van der Waals surface area (Å²) in [6.45, 7) is 8.73. The first-order valence-corrected chi connectivity index (χ1v) is 5.97. The number of rotatable bonds is 5. The van der Waals surface area contributed by atoms with Gasteiger partial charge in [0, 0.05) is 19.3 Å². The van der Waals surface area contributed by atoms with Gasteiger partial charge in [0.1, 0.15) is 0 Å². The Morgan fingerprint density at radius 2 is 1.75 bits per heavy atom. The molecule has 0 amide bonds. The fourth-order valence-corrected chi connectivity index (χ4v) is 2.16. The number of hydrogen-bond acceptors (Lipinski definition) is 2. The summed E-state index contributed by atoms with van der Waals surface area (Å²) < 4.78 is 0. The second-order valence-corrected chi connectivity index (χ2v) is 4.89. The monoisotopic (exact) mass is 220 g/mol. The summed E-state index contributed by atoms with van der Waals surface area (Å²) in [5.41, 5.74) is 3.99. The highest BCUT2D eigenvalue weighted by atomic mass is 15.1. The maximum atomic E-state index is 3.22. The van der Waals surface area contributed by atoms with E-state index >= 15 is 0 Å². The van der Waals surface area contributed by atoms with Crippen LogP contribution in [0, 0.1) is 19.8 Å². The maximum Gasteiger partial charge on any atom is 0.0369 e. The average molecular weight is 220 g/mol. The molecule has 0 radical (unpaired) electrons. The molecule has 1 N–H and O–H groups in total. The first-order valence-electron chi connectivity index (χ1n) is 5.97. The molecule has 2 nitrogen and oxygen atoms in total. The highest BCUT2D eigenvalue weighted by molar-refractivity contribution is 5.50. The van der Waals surface area contributed by atoms with Gasteiger partial charge in [0.2, 0.25) is 0 Å². The standard InChI is InChI=1S/C14H24N2/c1-11-6-12(2)8-14(7-11)16(5)10-13(3)9-15-4/h6-8,13,15H,9-10H2,1-5H3. The summed E-state index contributed by atoms with van der Waals surface area (Å²) in [6.07, 6.45) is 0. The van der Waals surface area contributed by atoms with Crippen molar-refractivity contribution in [3.8, 4) is 0 Å². The Morgan fingerprint density at radius 3 is 2.25 bits per heavy atom. The number of aryl methyl sites for hydroxylation is 2. The molecule has 0 aliphatic carbocycles. The SMILES string of the molecule is CNCC(C)CN(C)c1cc(C)cc(C)c1. The van der Waals surface area contributed by atoms with Crippen molar-refractivity contribution >= 4 is 5.69 Å². The van der Waals surface area contributed by atoms with Crippen LogP contribution in [0.4, 0.5) is 5.69 Å². The fourth-order valence-electron chi connectivity index (χ4n) is 2.16. The van der Waals surface area contributed by atoms with Crippen LogP contribution in [0.3, 0.4) is 0 Å². The van der Waals surface area contributed by atoms with Gasteiger partial charge < -0.3 is 10.2 Å². The molecule has 1 aromatic rings. The lowest BCUT2D eigenvalue weighted by Gasteiger charge is -2.24. The van der Waals surface area contributed by atoms with Gasteiger partial charge in [0.15, 0.2) is 0 Å². The molecule has 0 fully saturated rings. The van der Waals surface area contributed by atoms with Gasteiger partial charge >= 0.3 is 0 Å². The molecule has 0 spiro atoms. The van der Waals surface area contributed by atoms with Crippen molar-refractivity contribution in [2.45, 2.75) is 20.8 Å². The summed E-state index contributed by atoms with van der Waals surface area (Å²) in [5.74, 6) is 0.663. The second kappa shape index (κ2) is 5.90. The number of benzene rings is 1. The molecule has 1 atom stereocenters. The molecule has 90 valence electrons. The molecule has 0 saturated heterocycles. The van der Waals surface area contributed by atoms with Crippen LogP contribution in [-0.4, -0.2) is 27.2 Å². The van der Waals surface area contributed by atoms with Crippen molar-refractivity contribution in [3.05, 3.63) is 29.3 Å². The van der Waals surface area contributed by atoms with Crippen molar-refractivity contribution < 1.29 is 0 Å². The Morgan fingerprint density at radius 1 is 1.19 bits per heavy atom. The van der Waals surface area contributed by atoms with Crippen molar-refractivity contribution in [1.82, 2.24) is 5.32 Å². The predicted octanol–water partition coefficient (Wildman–Crippen LogP) is 2.60. The summed E-state index contributed by atoms with van der Waals surface area (Å²) >= 11 is 0. The number of anilines is 1. The fraction of sp³-hybridized carbons (Fsp3) is 0.571. The minimum Gasteiger partial charge on any atom is -0.374 e. The zero-order valence-electron chi connectivity index (χ0n) is 11.2. The van der Waals surface area contributed by atoms with Crippen LogP contribution in [0.2, 0.25) is 0 Å². The highest BCUT2D eigenvalue weighted by Gasteiger charge is 2.07. The van der Waals surface area contributed by atoms with Crippen LogP contribution in [0.25, 0.3) is 0 Å². The van der Waals surface area contributed by atoms with Crippen molar-refractivity contribution in [3.63, 3.8) is 0 Å². The normalized spacial score (nSPS) is 12.6. The molecular weight excluding hydrogens is 196 g/mol. The Labute approximate surface area is 99.7 Å². The highest BCUT2D eigenvalue weighted by Crippen LogP contribution is 2.18. The third-order valence-corrected chi connectivity index (χ3v) is 2.79. The van der Waals surface area contributed by atoms with Gasteiger partial charge in [-0.3, -0.25) is 0 Å². The Bertz CT molecular complexity index is 313. The molecule has 0 aliphatic heterocycles. The third-order valence-electron chi connectivity index (χ3n) is 2.79. The lowest BCUT2D eigenvalue weighted by molar-refractivity contribution is 0.542. The molecule has 0 aromatic heterocycles. The summed E-state index contributed by atoms with van der Waals surface area (Å²) in [4.78, 5) is 2.34. The molecule has 1 rings (SSSR count). The average Bonchev–Trinajstić information content (AvgIpc) is 2.16. The van der Waals surface area contributed by atoms with Crippen LogP contribution in [-0.2, 0) is 0 Å². The molecule has 16 heavy (non-hydrogen) atoms. The first-order chi connectivity index (χ1) is 7.52. The van der Waals surface area contributed by atoms with Gasteiger partial charge in [-0.25, -0.2) is 0 Å². The Kier molecular flexibility index (Phi) is 4.81. The van der Waals surface area contributed by atoms with Gasteiger partial charge in [0.05, 0.1) is 0 Å². The molecule has 0 heterocycles. The van der Waals surface area contributed by atoms with Crippen LogP contribution in [0.1, 0.15) is 18.1 Å². The Hall–Kier alpha value is -1.02. The Balaban J connectivity index is 2.68. The van der Waals surface area contributed by atoms with Crippen molar-refractivity contribution in [2.75, 3.05) is 32.1 Å². The summed E-state index contributed by atoms with van der Waals surface area (Å²) in [7, 11) is 4.17. The number of hydrogen-bond donors (Lipinski definition) is 1. The van der Waals surface area contributed by atoms with E-state index in [-0.39, 0.29) is 0 Å². The van der Waals surface area contributed by atoms with E-state index in [2.05, 4.69) is 56.2 Å². The van der Waals surface area contributed by atoms with Crippen LogP contribution >= 0.6 is 0 Å². The van der Waals surface area contributed by atoms with E-state index in [9.17, 15) is 0 Å². The zero-order chi connectivity index (χ0) is 12.1. The van der Waals surface area contributed by atoms with Crippen LogP contribution in [0.5, 0.6) is 0 Å². The molecule has 0 aliphatic rings. The van der Waals surface area contributed by atoms with Gasteiger partial charge in [-0.2, -0.15) is 0 Å². The maximum absolute atomic E-state index is 3.22. The van der Waals surface area contributed by atoms with Gasteiger partial charge in [-0.05, 0) is 56.6 Å². The van der Waals surface area contributed by atoms with Gasteiger partial charge in [-0.1, -0.05) is 13.0 Å². The predicted molar refractivity (Wildman–Crippen MR) is 72.3 cm³/mol. The van der Waals surface area contributed by atoms with E-state index in [4.69, 9.17) is 0 Å². The topological polar surface area (TPSA) is 15.3 Å². The van der Waals surface area contributed by atoms with Crippen molar-refractivity contribution in [1.29, 1.82) is 0 Å². The lowest BCUT2D eigenvalue weighted by atomic mass is 10.1. The number of nitrogens with zero attached hydrogens (tertiary/aromatic N) is 1. The lowest BCUT2D eigenvalue weighted by Crippen LogP contribution is -2.29. The van der Waals surface area contributed by atoms with Gasteiger partial charge in [-0.15, -0.1) is 0 Å². The van der Waals surface area contributed by atoms with Crippen LogP contribution < -0.4 is 10.2 Å². The third kappa shape index (κ3) is 3.86. The smallest absolute Gasteiger partial charge is 0.0369 e. The van der Waals surface area contributed by atoms with Gasteiger partial charge in [0.25, 0.3) is 0 Å². The van der Waals surface area contributed by atoms with E-state index in [1.54, 1.807) is 0 Å². The first kappa shape index (κ1) is 13.0. The quantitative estimate of drug-likeness (QED) is 0.820. The largest absolute Gasteiger partial charge is 0.374 e. The van der Waals surface area contributed by atoms with Crippen LogP contribution in [0.15, 0.2) is 18.2 Å². The van der Waals surface area contributed by atoms with E-state index in [1.807, 2.05) is 7.05 Å². The molecular formula is C14H24N2. The molecule has 1 aromatic carbocycles. The van der Waals surface area contributed by atoms with E-state index in [1.165, 1.54) is 16.8 Å². The molecule has 1 unspecified atom stereocenters. The summed E-state index contributed by atoms with van der Waals surface area (Å²) in [6, 6.07) is 6.71. The van der Waals surface area contributed by atoms with Crippen molar-refractivity contribution in [2.24, 2.45) is 5.92 Å². The second-order valence-electron chi connectivity index (χ2n) is 4.89. The van der Waals surface area contributed by atoms with E-state index in [0.717, 1.165) is 13.1 Å². The molecule has 2 heteroatoms. The summed E-state index contributed by atoms with van der Waals surface area (Å²) in [5, 5.41) is 3.22. The van der Waals surface area contributed by atoms with E-state index in [0.29, 0.717) is 5.92 Å². The minimum atomic E-state index is 0.663. The molecule has 0 saturated carbocycles. The zero-order valence-corrected chi connectivity index (χ0v) is 11.2.